The molecule has 1 N–H and O–H groups in total. The van der Waals surface area contributed by atoms with Gasteiger partial charge in [-0.3, -0.25) is 14.7 Å². The Hall–Kier alpha value is -2.34. The van der Waals surface area contributed by atoms with Gasteiger partial charge in [0.05, 0.1) is 11.9 Å². The second-order valence-corrected chi connectivity index (χ2v) is 11.3. The number of carbonyl (C=O) groups is 1. The van der Waals surface area contributed by atoms with E-state index in [1.54, 1.807) is 18.0 Å². The van der Waals surface area contributed by atoms with Gasteiger partial charge in [-0.2, -0.15) is 0 Å². The van der Waals surface area contributed by atoms with E-state index >= 15 is 0 Å². The Morgan fingerprint density at radius 2 is 1.69 bits per heavy atom. The van der Waals surface area contributed by atoms with Gasteiger partial charge >= 0.3 is 0 Å². The maximum atomic E-state index is 12.4. The molecular weight excluding hydrogens is 474 g/mol. The largest absolute Gasteiger partial charge is 0.324 e. The number of carbonyl (C=O) groups excluding carboxylic acids is 1. The van der Waals surface area contributed by atoms with Gasteiger partial charge in [0.2, 0.25) is 5.91 Å². The monoisotopic (exact) mass is 505 g/mol. The molecule has 0 bridgehead atoms. The molecule has 1 aliphatic heterocycles. The van der Waals surface area contributed by atoms with Crippen LogP contribution in [0.25, 0.3) is 0 Å². The van der Waals surface area contributed by atoms with Crippen molar-refractivity contribution in [3.8, 4) is 0 Å². The van der Waals surface area contributed by atoms with Gasteiger partial charge in [-0.1, -0.05) is 41.9 Å². The zero-order chi connectivity index (χ0) is 24.2. The van der Waals surface area contributed by atoms with E-state index in [9.17, 15) is 4.79 Å². The van der Waals surface area contributed by atoms with Crippen molar-refractivity contribution in [1.29, 1.82) is 0 Å². The number of anilines is 1. The van der Waals surface area contributed by atoms with Gasteiger partial charge in [0, 0.05) is 33.0 Å². The van der Waals surface area contributed by atoms with Gasteiger partial charge in [-0.05, 0) is 105 Å². The van der Waals surface area contributed by atoms with Crippen molar-refractivity contribution in [2.45, 2.75) is 61.3 Å². The van der Waals surface area contributed by atoms with Gasteiger partial charge in [-0.15, -0.1) is 0 Å². The van der Waals surface area contributed by atoms with Crippen molar-refractivity contribution in [1.82, 2.24) is 9.88 Å². The fraction of sp³-hybridized carbons (Fsp3) is 0.379. The highest BCUT2D eigenvalue weighted by Gasteiger charge is 2.26. The van der Waals surface area contributed by atoms with Crippen LogP contribution in [0.4, 0.5) is 5.69 Å². The zero-order valence-corrected chi connectivity index (χ0v) is 21.7. The number of hydrogen-bond donors (Lipinski definition) is 1. The highest BCUT2D eigenvalue weighted by molar-refractivity contribution is 7.99. The molecule has 0 unspecified atom stereocenters. The number of aromatic nitrogens is 1. The van der Waals surface area contributed by atoms with E-state index in [2.05, 4.69) is 64.6 Å². The third-order valence-corrected chi connectivity index (χ3v) is 8.54. The Morgan fingerprint density at radius 1 is 1.03 bits per heavy atom. The maximum absolute atomic E-state index is 12.4. The molecule has 1 aromatic heterocycles. The highest BCUT2D eigenvalue weighted by Crippen LogP contribution is 2.33. The first-order valence-corrected chi connectivity index (χ1v) is 13.7. The summed E-state index contributed by atoms with van der Waals surface area (Å²) >= 11 is 7.75. The van der Waals surface area contributed by atoms with Crippen LogP contribution < -0.4 is 5.32 Å². The predicted molar refractivity (Wildman–Crippen MR) is 144 cm³/mol. The fourth-order valence-electron chi connectivity index (χ4n) is 4.91. The smallest absolute Gasteiger partial charge is 0.227 e. The highest BCUT2D eigenvalue weighted by atomic mass is 35.5. The first-order valence-electron chi connectivity index (χ1n) is 12.6. The number of nitrogens with zero attached hydrogens (tertiary/aromatic N) is 2. The first-order chi connectivity index (χ1) is 17.0. The summed E-state index contributed by atoms with van der Waals surface area (Å²) in [6.07, 6.45) is 7.24. The lowest BCUT2D eigenvalue weighted by Crippen LogP contribution is -2.32. The Balaban J connectivity index is 1.14. The van der Waals surface area contributed by atoms with E-state index in [-0.39, 0.29) is 11.8 Å². The summed E-state index contributed by atoms with van der Waals surface area (Å²) in [5.74, 6) is 0.839. The summed E-state index contributed by atoms with van der Waals surface area (Å²) in [4.78, 5) is 21.9. The van der Waals surface area contributed by atoms with Crippen LogP contribution in [0, 0.1) is 12.8 Å². The number of piperidine rings is 1. The van der Waals surface area contributed by atoms with Gasteiger partial charge in [0.1, 0.15) is 0 Å². The molecule has 0 spiro atoms. The zero-order valence-electron chi connectivity index (χ0n) is 20.2. The Morgan fingerprint density at radius 3 is 2.31 bits per heavy atom. The Labute approximate surface area is 217 Å². The minimum atomic E-state index is 0.153. The molecule has 2 aliphatic rings. The third-order valence-electron chi connectivity index (χ3n) is 7.28. The van der Waals surface area contributed by atoms with Crippen molar-refractivity contribution in [3.05, 3.63) is 82.6 Å². The van der Waals surface area contributed by atoms with Crippen LogP contribution in [0.3, 0.4) is 0 Å². The van der Waals surface area contributed by atoms with Crippen LogP contribution in [0.1, 0.15) is 54.8 Å². The Bertz CT molecular complexity index is 1150. The molecule has 0 radical (unpaired) electrons. The molecule has 2 fully saturated rings. The molecule has 0 atom stereocenters. The van der Waals surface area contributed by atoms with Gasteiger partial charge in [0.25, 0.3) is 0 Å². The standard InChI is InChI=1S/C29H32ClN3OS/c1-20-28(17-25(18-31-20)32-29(34)23-3-2-4-23)22-13-15-33(16-14-22)19-21-5-9-26(10-6-21)35-27-11-7-24(30)8-12-27/h5-12,17-18,22-23H,2-4,13-16,19H2,1H3,(H,32,34). The molecule has 6 heteroatoms. The minimum Gasteiger partial charge on any atom is -0.324 e. The van der Waals surface area contributed by atoms with Crippen molar-refractivity contribution >= 4 is 35.0 Å². The average Bonchev–Trinajstić information content (AvgIpc) is 2.82. The van der Waals surface area contributed by atoms with Crippen LogP contribution in [-0.2, 0) is 11.3 Å². The van der Waals surface area contributed by atoms with Crippen LogP contribution in [0.2, 0.25) is 5.02 Å². The van der Waals surface area contributed by atoms with E-state index in [0.717, 1.165) is 61.7 Å². The SMILES string of the molecule is Cc1ncc(NC(=O)C2CCC2)cc1C1CCN(Cc2ccc(Sc3ccc(Cl)cc3)cc2)CC1. The molecule has 1 aliphatic carbocycles. The lowest BCUT2D eigenvalue weighted by atomic mass is 9.84. The van der Waals surface area contributed by atoms with Gasteiger partial charge in [-0.25, -0.2) is 0 Å². The van der Waals surface area contributed by atoms with E-state index in [1.165, 1.54) is 27.3 Å². The normalized spacial score (nSPS) is 17.2. The third kappa shape index (κ3) is 6.27. The second-order valence-electron chi connectivity index (χ2n) is 9.77. The number of benzene rings is 2. The molecule has 3 aromatic rings. The summed E-state index contributed by atoms with van der Waals surface area (Å²) < 4.78 is 0. The first kappa shape index (κ1) is 24.4. The van der Waals surface area contributed by atoms with Crippen molar-refractivity contribution in [2.24, 2.45) is 5.92 Å². The summed E-state index contributed by atoms with van der Waals surface area (Å²) in [6.45, 7) is 5.21. The van der Waals surface area contributed by atoms with E-state index in [1.807, 2.05) is 12.1 Å². The van der Waals surface area contributed by atoms with Gasteiger partial charge < -0.3 is 5.32 Å². The minimum absolute atomic E-state index is 0.153. The van der Waals surface area contributed by atoms with E-state index in [4.69, 9.17) is 11.6 Å². The van der Waals surface area contributed by atoms with Crippen molar-refractivity contribution < 1.29 is 4.79 Å². The summed E-state index contributed by atoms with van der Waals surface area (Å²) in [5.41, 5.74) is 4.57. The molecule has 4 nitrogen and oxygen atoms in total. The van der Waals surface area contributed by atoms with Crippen molar-refractivity contribution in [2.75, 3.05) is 18.4 Å². The van der Waals surface area contributed by atoms with Crippen LogP contribution in [0.15, 0.2) is 70.6 Å². The molecule has 182 valence electrons. The molecule has 2 aromatic carbocycles. The fourth-order valence-corrected chi connectivity index (χ4v) is 5.85. The molecule has 2 heterocycles. The summed E-state index contributed by atoms with van der Waals surface area (Å²) in [5, 5.41) is 3.86. The number of rotatable bonds is 7. The lowest BCUT2D eigenvalue weighted by Gasteiger charge is -2.33. The molecular formula is C29H32ClN3OS. The maximum Gasteiger partial charge on any atom is 0.227 e. The summed E-state index contributed by atoms with van der Waals surface area (Å²) in [7, 11) is 0. The molecule has 1 saturated heterocycles. The van der Waals surface area contributed by atoms with Crippen LogP contribution in [0.5, 0.6) is 0 Å². The van der Waals surface area contributed by atoms with Gasteiger partial charge in [0.15, 0.2) is 0 Å². The van der Waals surface area contributed by atoms with Crippen molar-refractivity contribution in [3.63, 3.8) is 0 Å². The number of halogens is 1. The topological polar surface area (TPSA) is 45.2 Å². The number of pyridine rings is 1. The second kappa shape index (κ2) is 11.2. The number of amides is 1. The molecule has 1 amide bonds. The van der Waals surface area contributed by atoms with E-state index < -0.39 is 0 Å². The number of nitrogens with one attached hydrogen (secondary N) is 1. The predicted octanol–water partition coefficient (Wildman–Crippen LogP) is 7.31. The Kier molecular flexibility index (Phi) is 7.76. The number of aryl methyl sites for hydroxylation is 1. The lowest BCUT2D eigenvalue weighted by molar-refractivity contribution is -0.122. The molecule has 35 heavy (non-hydrogen) atoms. The molecule has 1 saturated carbocycles. The number of likely N-dealkylation sites (tertiary alicyclic amines) is 1. The van der Waals surface area contributed by atoms with E-state index in [0.29, 0.717) is 5.92 Å². The average molecular weight is 506 g/mol. The quantitative estimate of drug-likeness (QED) is 0.365. The molecule has 5 rings (SSSR count). The van der Waals surface area contributed by atoms with Crippen LogP contribution in [-0.4, -0.2) is 28.9 Å². The number of hydrogen-bond acceptors (Lipinski definition) is 4. The van der Waals surface area contributed by atoms with Crippen LogP contribution >= 0.6 is 23.4 Å². The summed E-state index contributed by atoms with van der Waals surface area (Å²) in [6, 6.07) is 19.0.